The summed E-state index contributed by atoms with van der Waals surface area (Å²) in [5, 5.41) is 6.97. The highest BCUT2D eigenvalue weighted by Crippen LogP contribution is 2.29. The van der Waals surface area contributed by atoms with Gasteiger partial charge in [-0.05, 0) is 0 Å². The number of nitrogens with zero attached hydrogens (tertiary/aromatic N) is 2. The van der Waals surface area contributed by atoms with E-state index in [4.69, 9.17) is 5.73 Å². The first-order chi connectivity index (χ1) is 7.08. The second-order valence-corrected chi connectivity index (χ2v) is 3.70. The number of nitrogens with two attached hydrogens (primary N) is 1. The van der Waals surface area contributed by atoms with Gasteiger partial charge >= 0.3 is 0 Å². The maximum absolute atomic E-state index is 13.2. The van der Waals surface area contributed by atoms with E-state index in [0.29, 0.717) is 12.1 Å². The van der Waals surface area contributed by atoms with E-state index in [1.165, 1.54) is 0 Å². The molecule has 0 amide bonds. The summed E-state index contributed by atoms with van der Waals surface area (Å²) in [5.41, 5.74) is 4.86. The molecule has 0 bridgehead atoms. The van der Waals surface area contributed by atoms with Crippen LogP contribution in [-0.4, -0.2) is 10.2 Å². The molecular formula is C8H4F3N3S. The SMILES string of the molecule is Nc1nnc(-c2c(F)cc(F)cc2F)s1. The topological polar surface area (TPSA) is 51.8 Å². The van der Waals surface area contributed by atoms with Crippen LogP contribution in [0.2, 0.25) is 0 Å². The number of halogens is 3. The molecule has 0 aliphatic rings. The molecule has 15 heavy (non-hydrogen) atoms. The van der Waals surface area contributed by atoms with Gasteiger partial charge in [0, 0.05) is 12.1 Å². The van der Waals surface area contributed by atoms with Crippen molar-refractivity contribution in [3.8, 4) is 10.6 Å². The van der Waals surface area contributed by atoms with E-state index in [0.717, 1.165) is 11.3 Å². The zero-order valence-corrected chi connectivity index (χ0v) is 7.99. The van der Waals surface area contributed by atoms with E-state index in [9.17, 15) is 13.2 Å². The van der Waals surface area contributed by atoms with E-state index in [-0.39, 0.29) is 10.1 Å². The summed E-state index contributed by atoms with van der Waals surface area (Å²) >= 11 is 0.828. The largest absolute Gasteiger partial charge is 0.374 e. The summed E-state index contributed by atoms with van der Waals surface area (Å²) < 4.78 is 39.0. The molecule has 1 heterocycles. The molecule has 0 fully saturated rings. The minimum Gasteiger partial charge on any atom is -0.374 e. The molecule has 2 aromatic rings. The Balaban J connectivity index is 2.62. The molecule has 1 aromatic carbocycles. The molecule has 0 spiro atoms. The fourth-order valence-corrected chi connectivity index (χ4v) is 1.74. The predicted molar refractivity (Wildman–Crippen MR) is 49.6 cm³/mol. The van der Waals surface area contributed by atoms with Crippen LogP contribution in [0.4, 0.5) is 18.3 Å². The number of hydrogen-bond acceptors (Lipinski definition) is 4. The predicted octanol–water partition coefficient (Wildman–Crippen LogP) is 2.20. The molecule has 2 rings (SSSR count). The third-order valence-corrected chi connectivity index (χ3v) is 2.43. The summed E-state index contributed by atoms with van der Waals surface area (Å²) in [7, 11) is 0. The highest BCUT2D eigenvalue weighted by molar-refractivity contribution is 7.18. The molecule has 0 aliphatic heterocycles. The zero-order chi connectivity index (χ0) is 11.0. The van der Waals surface area contributed by atoms with Gasteiger partial charge in [0.1, 0.15) is 17.5 Å². The van der Waals surface area contributed by atoms with E-state index in [2.05, 4.69) is 10.2 Å². The Morgan fingerprint density at radius 1 is 1.07 bits per heavy atom. The summed E-state index contributed by atoms with van der Waals surface area (Å²) in [4.78, 5) is 0. The monoisotopic (exact) mass is 231 g/mol. The Morgan fingerprint density at radius 2 is 1.67 bits per heavy atom. The molecular weight excluding hydrogens is 227 g/mol. The lowest BCUT2D eigenvalue weighted by Crippen LogP contribution is -1.91. The fourth-order valence-electron chi connectivity index (χ4n) is 1.08. The van der Waals surface area contributed by atoms with Gasteiger partial charge in [-0.3, -0.25) is 0 Å². The second-order valence-electron chi connectivity index (χ2n) is 2.69. The van der Waals surface area contributed by atoms with Gasteiger partial charge < -0.3 is 5.73 Å². The maximum Gasteiger partial charge on any atom is 0.203 e. The number of nitrogen functional groups attached to an aromatic ring is 1. The Morgan fingerprint density at radius 3 is 2.13 bits per heavy atom. The average Bonchev–Trinajstić information content (AvgIpc) is 2.49. The van der Waals surface area contributed by atoms with Crippen LogP contribution in [0.5, 0.6) is 0 Å². The van der Waals surface area contributed by atoms with Crippen molar-refractivity contribution in [2.45, 2.75) is 0 Å². The van der Waals surface area contributed by atoms with Gasteiger partial charge in [0.2, 0.25) is 5.13 Å². The maximum atomic E-state index is 13.2. The number of anilines is 1. The molecule has 0 saturated heterocycles. The van der Waals surface area contributed by atoms with Crippen LogP contribution >= 0.6 is 11.3 Å². The summed E-state index contributed by atoms with van der Waals surface area (Å²) in [6, 6.07) is 1.16. The van der Waals surface area contributed by atoms with Crippen LogP contribution in [0.15, 0.2) is 12.1 Å². The number of hydrogen-bond donors (Lipinski definition) is 1. The van der Waals surface area contributed by atoms with Gasteiger partial charge in [-0.1, -0.05) is 11.3 Å². The van der Waals surface area contributed by atoms with Crippen LogP contribution < -0.4 is 5.73 Å². The molecule has 0 radical (unpaired) electrons. The van der Waals surface area contributed by atoms with Crippen molar-refractivity contribution >= 4 is 16.5 Å². The van der Waals surface area contributed by atoms with Gasteiger partial charge in [-0.25, -0.2) is 13.2 Å². The fraction of sp³-hybridized carbons (Fsp3) is 0. The van der Waals surface area contributed by atoms with Gasteiger partial charge in [-0.15, -0.1) is 10.2 Å². The number of rotatable bonds is 1. The van der Waals surface area contributed by atoms with Gasteiger partial charge in [0.15, 0.2) is 5.01 Å². The minimum absolute atomic E-state index is 0.0116. The lowest BCUT2D eigenvalue weighted by Gasteiger charge is -2.00. The highest BCUT2D eigenvalue weighted by atomic mass is 32.1. The van der Waals surface area contributed by atoms with E-state index >= 15 is 0 Å². The zero-order valence-electron chi connectivity index (χ0n) is 7.17. The Hall–Kier alpha value is -1.63. The molecule has 0 atom stereocenters. The first kappa shape index (κ1) is 9.91. The van der Waals surface area contributed by atoms with Gasteiger partial charge in [-0.2, -0.15) is 0 Å². The Labute approximate surface area is 86.4 Å². The quantitative estimate of drug-likeness (QED) is 0.818. The van der Waals surface area contributed by atoms with Crippen molar-refractivity contribution in [3.63, 3.8) is 0 Å². The van der Waals surface area contributed by atoms with Crippen molar-refractivity contribution in [2.75, 3.05) is 5.73 Å². The van der Waals surface area contributed by atoms with Crippen LogP contribution in [0.1, 0.15) is 0 Å². The normalized spacial score (nSPS) is 10.6. The first-order valence-corrected chi connectivity index (χ1v) is 4.63. The molecule has 0 aliphatic carbocycles. The molecule has 78 valence electrons. The Kier molecular flexibility index (Phi) is 2.31. The number of benzene rings is 1. The summed E-state index contributed by atoms with van der Waals surface area (Å²) in [5.74, 6) is -3.03. The molecule has 2 N–H and O–H groups in total. The van der Waals surface area contributed by atoms with Crippen LogP contribution in [-0.2, 0) is 0 Å². The molecule has 7 heteroatoms. The standard InChI is InChI=1S/C8H4F3N3S/c9-3-1-4(10)6(5(11)2-3)7-13-14-8(12)15-7/h1-2H,(H2,12,14). The summed E-state index contributed by atoms with van der Waals surface area (Å²) in [6.45, 7) is 0. The Bertz CT molecular complexity index is 489. The third kappa shape index (κ3) is 1.78. The van der Waals surface area contributed by atoms with Crippen LogP contribution in [0.25, 0.3) is 10.6 Å². The van der Waals surface area contributed by atoms with Crippen LogP contribution in [0, 0.1) is 17.5 Å². The smallest absolute Gasteiger partial charge is 0.203 e. The molecule has 3 nitrogen and oxygen atoms in total. The van der Waals surface area contributed by atoms with Crippen molar-refractivity contribution in [2.24, 2.45) is 0 Å². The highest BCUT2D eigenvalue weighted by Gasteiger charge is 2.17. The number of aromatic nitrogens is 2. The van der Waals surface area contributed by atoms with E-state index < -0.39 is 23.0 Å². The van der Waals surface area contributed by atoms with Gasteiger partial charge in [0.05, 0.1) is 5.56 Å². The average molecular weight is 231 g/mol. The molecule has 0 unspecified atom stereocenters. The van der Waals surface area contributed by atoms with Crippen molar-refractivity contribution in [1.29, 1.82) is 0 Å². The van der Waals surface area contributed by atoms with Crippen molar-refractivity contribution < 1.29 is 13.2 Å². The van der Waals surface area contributed by atoms with E-state index in [1.54, 1.807) is 0 Å². The third-order valence-electron chi connectivity index (χ3n) is 1.66. The first-order valence-electron chi connectivity index (χ1n) is 3.82. The van der Waals surface area contributed by atoms with Crippen molar-refractivity contribution in [1.82, 2.24) is 10.2 Å². The second kappa shape index (κ2) is 3.50. The summed E-state index contributed by atoms with van der Waals surface area (Å²) in [6.07, 6.45) is 0. The lowest BCUT2D eigenvalue weighted by atomic mass is 10.2. The van der Waals surface area contributed by atoms with Crippen LogP contribution in [0.3, 0.4) is 0 Å². The van der Waals surface area contributed by atoms with Crippen molar-refractivity contribution in [3.05, 3.63) is 29.6 Å². The van der Waals surface area contributed by atoms with E-state index in [1.807, 2.05) is 0 Å². The molecule has 1 aromatic heterocycles. The lowest BCUT2D eigenvalue weighted by molar-refractivity contribution is 0.547. The molecule has 0 saturated carbocycles. The van der Waals surface area contributed by atoms with Gasteiger partial charge in [0.25, 0.3) is 0 Å². The minimum atomic E-state index is -1.02.